The molecule has 4 nitrogen and oxygen atoms in total. The number of anilines is 1. The predicted molar refractivity (Wildman–Crippen MR) is 76.7 cm³/mol. The summed E-state index contributed by atoms with van der Waals surface area (Å²) in [7, 11) is 2.09. The van der Waals surface area contributed by atoms with Crippen molar-refractivity contribution < 1.29 is 0 Å². The van der Waals surface area contributed by atoms with E-state index in [0.29, 0.717) is 11.4 Å². The van der Waals surface area contributed by atoms with Gasteiger partial charge in [0.15, 0.2) is 0 Å². The largest absolute Gasteiger partial charge is 0.383 e. The Bertz CT molecular complexity index is 655. The topological polar surface area (TPSA) is 65.9 Å². The lowest BCUT2D eigenvalue weighted by molar-refractivity contribution is 0.310. The third-order valence-corrected chi connectivity index (χ3v) is 4.17. The van der Waals surface area contributed by atoms with Gasteiger partial charge in [-0.2, -0.15) is 16.6 Å². The normalized spacial score (nSPS) is 14.9. The third-order valence-electron chi connectivity index (χ3n) is 3.49. The molecule has 0 fully saturated rings. The highest BCUT2D eigenvalue weighted by atomic mass is 32.1. The molecule has 1 aliphatic heterocycles. The summed E-state index contributed by atoms with van der Waals surface area (Å²) in [6.45, 7) is 1.80. The number of hydrogen-bond donors (Lipinski definition) is 1. The lowest BCUT2D eigenvalue weighted by Gasteiger charge is -2.27. The van der Waals surface area contributed by atoms with Gasteiger partial charge in [0.1, 0.15) is 17.5 Å². The zero-order valence-corrected chi connectivity index (χ0v) is 11.5. The van der Waals surface area contributed by atoms with Gasteiger partial charge in [0.05, 0.1) is 0 Å². The number of nitrogen functional groups attached to an aromatic ring is 1. The Morgan fingerprint density at radius 1 is 1.53 bits per heavy atom. The number of nitrogens with zero attached hydrogens (tertiary/aromatic N) is 3. The fourth-order valence-corrected chi connectivity index (χ4v) is 3.20. The maximum Gasteiger partial charge on any atom is 0.142 e. The van der Waals surface area contributed by atoms with E-state index in [4.69, 9.17) is 5.73 Å². The standard InChI is InChI=1S/C14H14N4S/c1-18-4-2-12-11(7-18)13(9-3-5-19-8-9)10(6-15)14(16)17-12/h3,5,8H,2,4,7H2,1H3,(H2,16,17). The number of fused-ring (bicyclic) bond motifs is 1. The van der Waals surface area contributed by atoms with Crippen LogP contribution in [0, 0.1) is 11.3 Å². The first kappa shape index (κ1) is 12.2. The quantitative estimate of drug-likeness (QED) is 0.863. The van der Waals surface area contributed by atoms with Crippen molar-refractivity contribution in [2.45, 2.75) is 13.0 Å². The Balaban J connectivity index is 2.30. The number of likely N-dealkylation sites (N-methyl/N-ethyl adjacent to an activating group) is 1. The van der Waals surface area contributed by atoms with E-state index >= 15 is 0 Å². The molecule has 2 aromatic rings. The molecule has 0 amide bonds. The Kier molecular flexibility index (Phi) is 2.97. The van der Waals surface area contributed by atoms with Crippen molar-refractivity contribution in [3.63, 3.8) is 0 Å². The van der Waals surface area contributed by atoms with Crippen molar-refractivity contribution in [3.8, 4) is 17.2 Å². The lowest BCUT2D eigenvalue weighted by atomic mass is 9.92. The molecule has 96 valence electrons. The zero-order valence-electron chi connectivity index (χ0n) is 10.7. The van der Waals surface area contributed by atoms with Gasteiger partial charge in [-0.3, -0.25) is 0 Å². The van der Waals surface area contributed by atoms with E-state index in [1.165, 1.54) is 0 Å². The molecular formula is C14H14N4S. The summed E-state index contributed by atoms with van der Waals surface area (Å²) >= 11 is 1.63. The summed E-state index contributed by atoms with van der Waals surface area (Å²) in [4.78, 5) is 6.67. The van der Waals surface area contributed by atoms with E-state index in [-0.39, 0.29) is 0 Å². The predicted octanol–water partition coefficient (Wildman–Crippen LogP) is 2.25. The second-order valence-corrected chi connectivity index (χ2v) is 5.56. The van der Waals surface area contributed by atoms with Crippen molar-refractivity contribution in [1.82, 2.24) is 9.88 Å². The first-order chi connectivity index (χ1) is 9.20. The molecule has 0 radical (unpaired) electrons. The van der Waals surface area contributed by atoms with E-state index < -0.39 is 0 Å². The third kappa shape index (κ3) is 1.99. The van der Waals surface area contributed by atoms with E-state index in [9.17, 15) is 5.26 Å². The molecule has 3 heterocycles. The molecule has 0 unspecified atom stereocenters. The Morgan fingerprint density at radius 3 is 3.05 bits per heavy atom. The van der Waals surface area contributed by atoms with Crippen LogP contribution in [0.15, 0.2) is 16.8 Å². The molecule has 0 spiro atoms. The van der Waals surface area contributed by atoms with E-state index in [0.717, 1.165) is 41.9 Å². The van der Waals surface area contributed by atoms with Crippen LogP contribution < -0.4 is 5.73 Å². The molecule has 0 saturated heterocycles. The Hall–Kier alpha value is -1.90. The van der Waals surface area contributed by atoms with Gasteiger partial charge < -0.3 is 10.6 Å². The van der Waals surface area contributed by atoms with Crippen molar-refractivity contribution in [1.29, 1.82) is 5.26 Å². The SMILES string of the molecule is CN1CCc2nc(N)c(C#N)c(-c3ccsc3)c2C1. The van der Waals surface area contributed by atoms with Crippen LogP contribution in [-0.4, -0.2) is 23.5 Å². The number of aromatic nitrogens is 1. The molecular weight excluding hydrogens is 256 g/mol. The van der Waals surface area contributed by atoms with Crippen LogP contribution in [0.4, 0.5) is 5.82 Å². The molecule has 5 heteroatoms. The highest BCUT2D eigenvalue weighted by Crippen LogP contribution is 2.35. The van der Waals surface area contributed by atoms with Gasteiger partial charge in [-0.25, -0.2) is 4.98 Å². The Labute approximate surface area is 116 Å². The minimum atomic E-state index is 0.354. The summed E-state index contributed by atoms with van der Waals surface area (Å²) in [6.07, 6.45) is 0.888. The van der Waals surface area contributed by atoms with Crippen molar-refractivity contribution in [2.75, 3.05) is 19.3 Å². The molecule has 2 N–H and O–H groups in total. The highest BCUT2D eigenvalue weighted by Gasteiger charge is 2.23. The summed E-state index contributed by atoms with van der Waals surface area (Å²) in [5.74, 6) is 0.354. The monoisotopic (exact) mass is 270 g/mol. The molecule has 0 bridgehead atoms. The maximum atomic E-state index is 9.39. The van der Waals surface area contributed by atoms with Gasteiger partial charge in [-0.15, -0.1) is 0 Å². The molecule has 1 aliphatic rings. The zero-order chi connectivity index (χ0) is 13.4. The van der Waals surface area contributed by atoms with E-state index in [2.05, 4.69) is 28.4 Å². The fraction of sp³-hybridized carbons (Fsp3) is 0.286. The van der Waals surface area contributed by atoms with Crippen LogP contribution in [0.3, 0.4) is 0 Å². The van der Waals surface area contributed by atoms with Crippen molar-refractivity contribution in [3.05, 3.63) is 33.6 Å². The van der Waals surface area contributed by atoms with E-state index in [1.807, 2.05) is 11.4 Å². The van der Waals surface area contributed by atoms with Gasteiger partial charge in [-0.05, 0) is 35.0 Å². The van der Waals surface area contributed by atoms with E-state index in [1.54, 1.807) is 11.3 Å². The average Bonchev–Trinajstić information content (AvgIpc) is 2.91. The van der Waals surface area contributed by atoms with Gasteiger partial charge in [0, 0.05) is 30.8 Å². The van der Waals surface area contributed by atoms with Crippen LogP contribution >= 0.6 is 11.3 Å². The number of thiophene rings is 1. The van der Waals surface area contributed by atoms with Gasteiger partial charge in [0.2, 0.25) is 0 Å². The number of nitrogens with two attached hydrogens (primary N) is 1. The molecule has 0 saturated carbocycles. The van der Waals surface area contributed by atoms with Crippen LogP contribution in [0.25, 0.3) is 11.1 Å². The second kappa shape index (κ2) is 4.65. The second-order valence-electron chi connectivity index (χ2n) is 4.78. The lowest BCUT2D eigenvalue weighted by Crippen LogP contribution is -2.28. The smallest absolute Gasteiger partial charge is 0.142 e. The number of rotatable bonds is 1. The van der Waals surface area contributed by atoms with Crippen molar-refractivity contribution >= 4 is 17.2 Å². The molecule has 2 aromatic heterocycles. The molecule has 19 heavy (non-hydrogen) atoms. The molecule has 0 aliphatic carbocycles. The summed E-state index contributed by atoms with van der Waals surface area (Å²) < 4.78 is 0. The summed E-state index contributed by atoms with van der Waals surface area (Å²) in [5.41, 5.74) is 10.7. The van der Waals surface area contributed by atoms with Gasteiger partial charge >= 0.3 is 0 Å². The number of nitriles is 1. The maximum absolute atomic E-state index is 9.39. The van der Waals surface area contributed by atoms with Crippen LogP contribution in [0.2, 0.25) is 0 Å². The first-order valence-electron chi connectivity index (χ1n) is 6.13. The highest BCUT2D eigenvalue weighted by molar-refractivity contribution is 7.08. The van der Waals surface area contributed by atoms with Gasteiger partial charge in [-0.1, -0.05) is 0 Å². The molecule has 0 atom stereocenters. The van der Waals surface area contributed by atoms with Gasteiger partial charge in [0.25, 0.3) is 0 Å². The number of pyridine rings is 1. The average molecular weight is 270 g/mol. The fourth-order valence-electron chi connectivity index (χ4n) is 2.55. The molecule has 3 rings (SSSR count). The minimum Gasteiger partial charge on any atom is -0.383 e. The first-order valence-corrected chi connectivity index (χ1v) is 7.07. The summed E-state index contributed by atoms with van der Waals surface area (Å²) in [5, 5.41) is 13.5. The Morgan fingerprint density at radius 2 is 2.37 bits per heavy atom. The van der Waals surface area contributed by atoms with Crippen LogP contribution in [0.5, 0.6) is 0 Å². The van der Waals surface area contributed by atoms with Crippen LogP contribution in [-0.2, 0) is 13.0 Å². The van der Waals surface area contributed by atoms with Crippen molar-refractivity contribution in [2.24, 2.45) is 0 Å². The van der Waals surface area contributed by atoms with Crippen LogP contribution in [0.1, 0.15) is 16.8 Å². The summed E-state index contributed by atoms with van der Waals surface area (Å²) in [6, 6.07) is 4.25. The molecule has 0 aromatic carbocycles. The minimum absolute atomic E-state index is 0.354. The number of hydrogen-bond acceptors (Lipinski definition) is 5.